The standard InChI is InChI=1S/C20H18FN5O/c1-11-7-18(16-6-5-15(21)8-14(16)9-22)25-19-17(10-23-26(11)19)20(27)24-12(2)13-3-4-13/h5-8,10,12-13H,3-4H2,1-2H3,(H,24,27). The number of carbonyl (C=O) groups excluding carboxylic acids is 1. The maximum atomic E-state index is 13.5. The third kappa shape index (κ3) is 3.14. The first-order valence-corrected chi connectivity index (χ1v) is 8.84. The fourth-order valence-corrected chi connectivity index (χ4v) is 3.24. The molecule has 6 nitrogen and oxygen atoms in total. The molecule has 136 valence electrons. The molecule has 0 aliphatic heterocycles. The van der Waals surface area contributed by atoms with Crippen molar-refractivity contribution in [2.75, 3.05) is 0 Å². The molecule has 1 saturated carbocycles. The van der Waals surface area contributed by atoms with Crippen molar-refractivity contribution in [2.45, 2.75) is 32.7 Å². The van der Waals surface area contributed by atoms with Gasteiger partial charge in [0.15, 0.2) is 5.65 Å². The van der Waals surface area contributed by atoms with E-state index in [-0.39, 0.29) is 17.5 Å². The number of fused-ring (bicyclic) bond motifs is 1. The molecule has 1 fully saturated rings. The van der Waals surface area contributed by atoms with Gasteiger partial charge in [-0.3, -0.25) is 4.79 Å². The van der Waals surface area contributed by atoms with Gasteiger partial charge < -0.3 is 5.32 Å². The van der Waals surface area contributed by atoms with E-state index in [1.165, 1.54) is 24.4 Å². The maximum absolute atomic E-state index is 13.5. The molecule has 0 spiro atoms. The molecule has 1 unspecified atom stereocenters. The van der Waals surface area contributed by atoms with Gasteiger partial charge in [0.25, 0.3) is 5.91 Å². The van der Waals surface area contributed by atoms with E-state index in [9.17, 15) is 14.4 Å². The van der Waals surface area contributed by atoms with Gasteiger partial charge in [0.1, 0.15) is 11.4 Å². The van der Waals surface area contributed by atoms with E-state index in [2.05, 4.69) is 15.4 Å². The third-order valence-electron chi connectivity index (χ3n) is 4.96. The van der Waals surface area contributed by atoms with Gasteiger partial charge in [-0.25, -0.2) is 13.9 Å². The van der Waals surface area contributed by atoms with Crippen LogP contribution in [-0.2, 0) is 0 Å². The van der Waals surface area contributed by atoms with Crippen molar-refractivity contribution in [3.8, 4) is 17.3 Å². The van der Waals surface area contributed by atoms with Crippen LogP contribution >= 0.6 is 0 Å². The molecular formula is C20H18FN5O. The second kappa shape index (κ2) is 6.47. The molecule has 0 saturated heterocycles. The van der Waals surface area contributed by atoms with Gasteiger partial charge >= 0.3 is 0 Å². The summed E-state index contributed by atoms with van der Waals surface area (Å²) in [6, 6.07) is 7.87. The summed E-state index contributed by atoms with van der Waals surface area (Å²) in [6.45, 7) is 3.85. The first-order chi connectivity index (χ1) is 13.0. The third-order valence-corrected chi connectivity index (χ3v) is 4.96. The largest absolute Gasteiger partial charge is 0.349 e. The molecule has 27 heavy (non-hydrogen) atoms. The number of nitrogens with zero attached hydrogens (tertiary/aromatic N) is 4. The Morgan fingerprint density at radius 1 is 1.41 bits per heavy atom. The van der Waals surface area contributed by atoms with Crippen molar-refractivity contribution >= 4 is 11.6 Å². The van der Waals surface area contributed by atoms with Gasteiger partial charge in [-0.15, -0.1) is 0 Å². The van der Waals surface area contributed by atoms with E-state index in [0.717, 1.165) is 18.5 Å². The van der Waals surface area contributed by atoms with Crippen LogP contribution in [0.15, 0.2) is 30.5 Å². The van der Waals surface area contributed by atoms with Crippen LogP contribution in [0.2, 0.25) is 0 Å². The van der Waals surface area contributed by atoms with Gasteiger partial charge in [-0.05, 0) is 56.9 Å². The number of nitrogens with one attached hydrogen (secondary N) is 1. The Morgan fingerprint density at radius 3 is 2.89 bits per heavy atom. The Hall–Kier alpha value is -3.27. The molecule has 1 aliphatic rings. The molecule has 0 radical (unpaired) electrons. The van der Waals surface area contributed by atoms with Crippen LogP contribution in [0.25, 0.3) is 16.9 Å². The smallest absolute Gasteiger partial charge is 0.256 e. The molecule has 7 heteroatoms. The van der Waals surface area contributed by atoms with E-state index in [0.29, 0.717) is 28.4 Å². The van der Waals surface area contributed by atoms with Crippen LogP contribution < -0.4 is 5.32 Å². The first kappa shape index (κ1) is 17.2. The number of carbonyl (C=O) groups is 1. The van der Waals surface area contributed by atoms with Gasteiger partial charge in [0, 0.05) is 17.3 Å². The van der Waals surface area contributed by atoms with E-state index in [1.54, 1.807) is 10.6 Å². The Morgan fingerprint density at radius 2 is 2.19 bits per heavy atom. The van der Waals surface area contributed by atoms with Crippen molar-refractivity contribution in [3.05, 3.63) is 53.1 Å². The Kier molecular flexibility index (Phi) is 4.11. The number of amides is 1. The normalized spacial score (nSPS) is 14.7. The maximum Gasteiger partial charge on any atom is 0.256 e. The van der Waals surface area contributed by atoms with Gasteiger partial charge in [0.05, 0.1) is 23.5 Å². The van der Waals surface area contributed by atoms with E-state index >= 15 is 0 Å². The van der Waals surface area contributed by atoms with Crippen molar-refractivity contribution in [1.29, 1.82) is 5.26 Å². The highest BCUT2D eigenvalue weighted by Crippen LogP contribution is 2.32. The minimum atomic E-state index is -0.480. The summed E-state index contributed by atoms with van der Waals surface area (Å²) in [5.74, 6) is -0.155. The van der Waals surface area contributed by atoms with Crippen LogP contribution in [0.4, 0.5) is 4.39 Å². The van der Waals surface area contributed by atoms with Crippen molar-refractivity contribution < 1.29 is 9.18 Å². The lowest BCUT2D eigenvalue weighted by Gasteiger charge is -2.12. The van der Waals surface area contributed by atoms with Crippen LogP contribution in [-0.4, -0.2) is 26.5 Å². The monoisotopic (exact) mass is 363 g/mol. The Bertz CT molecular complexity index is 1090. The minimum absolute atomic E-state index is 0.110. The second-order valence-electron chi connectivity index (χ2n) is 6.98. The molecule has 1 atom stereocenters. The predicted molar refractivity (Wildman–Crippen MR) is 97.5 cm³/mol. The summed E-state index contributed by atoms with van der Waals surface area (Å²) in [5, 5.41) is 16.6. The summed E-state index contributed by atoms with van der Waals surface area (Å²) < 4.78 is 15.0. The topological polar surface area (TPSA) is 83.1 Å². The molecule has 1 aliphatic carbocycles. The summed E-state index contributed by atoms with van der Waals surface area (Å²) in [5.41, 5.74) is 2.77. The summed E-state index contributed by atoms with van der Waals surface area (Å²) in [7, 11) is 0. The number of rotatable bonds is 4. The van der Waals surface area contributed by atoms with Crippen LogP contribution in [0.3, 0.4) is 0 Å². The lowest BCUT2D eigenvalue weighted by atomic mass is 10.0. The van der Waals surface area contributed by atoms with Crippen LogP contribution in [0.5, 0.6) is 0 Å². The number of benzene rings is 1. The highest BCUT2D eigenvalue weighted by Gasteiger charge is 2.30. The highest BCUT2D eigenvalue weighted by atomic mass is 19.1. The Balaban J connectivity index is 1.78. The first-order valence-electron chi connectivity index (χ1n) is 8.84. The molecule has 2 aromatic heterocycles. The predicted octanol–water partition coefficient (Wildman–Crippen LogP) is 3.24. The molecular weight excluding hydrogens is 345 g/mol. The molecule has 1 amide bonds. The number of nitriles is 1. The minimum Gasteiger partial charge on any atom is -0.349 e. The van der Waals surface area contributed by atoms with E-state index in [1.807, 2.05) is 19.9 Å². The number of halogens is 1. The highest BCUT2D eigenvalue weighted by molar-refractivity contribution is 6.00. The molecule has 1 N–H and O–H groups in total. The fourth-order valence-electron chi connectivity index (χ4n) is 3.24. The molecule has 4 rings (SSSR count). The number of hydrogen-bond acceptors (Lipinski definition) is 4. The lowest BCUT2D eigenvalue weighted by molar-refractivity contribution is 0.0937. The summed E-state index contributed by atoms with van der Waals surface area (Å²) >= 11 is 0. The van der Waals surface area contributed by atoms with E-state index in [4.69, 9.17) is 0 Å². The van der Waals surface area contributed by atoms with Crippen molar-refractivity contribution in [3.63, 3.8) is 0 Å². The number of hydrogen-bond donors (Lipinski definition) is 1. The number of aryl methyl sites for hydroxylation is 1. The zero-order valence-corrected chi connectivity index (χ0v) is 15.0. The molecule has 2 heterocycles. The van der Waals surface area contributed by atoms with Crippen molar-refractivity contribution in [1.82, 2.24) is 19.9 Å². The molecule has 1 aromatic carbocycles. The van der Waals surface area contributed by atoms with Crippen LogP contribution in [0.1, 0.15) is 41.4 Å². The fraction of sp³-hybridized carbons (Fsp3) is 0.300. The van der Waals surface area contributed by atoms with Crippen molar-refractivity contribution in [2.24, 2.45) is 5.92 Å². The zero-order valence-electron chi connectivity index (χ0n) is 15.0. The lowest BCUT2D eigenvalue weighted by Crippen LogP contribution is -2.34. The van der Waals surface area contributed by atoms with Gasteiger partial charge in [-0.2, -0.15) is 10.4 Å². The van der Waals surface area contributed by atoms with Gasteiger partial charge in [0.2, 0.25) is 0 Å². The van der Waals surface area contributed by atoms with Crippen LogP contribution in [0, 0.1) is 30.0 Å². The van der Waals surface area contributed by atoms with Gasteiger partial charge in [-0.1, -0.05) is 0 Å². The molecule has 3 aromatic rings. The van der Waals surface area contributed by atoms with E-state index < -0.39 is 5.82 Å². The second-order valence-corrected chi connectivity index (χ2v) is 6.98. The number of aromatic nitrogens is 3. The zero-order chi connectivity index (χ0) is 19.1. The summed E-state index contributed by atoms with van der Waals surface area (Å²) in [6.07, 6.45) is 3.78. The molecule has 0 bridgehead atoms. The Labute approximate surface area is 155 Å². The SMILES string of the molecule is Cc1cc(-c2ccc(F)cc2C#N)nc2c(C(=O)NC(C)C3CC3)cnn12. The average molecular weight is 363 g/mol. The quantitative estimate of drug-likeness (QED) is 0.771. The summed E-state index contributed by atoms with van der Waals surface area (Å²) in [4.78, 5) is 17.2. The average Bonchev–Trinajstić information content (AvgIpc) is 3.41.